The third-order valence-electron chi connectivity index (χ3n) is 4.21. The Kier molecular flexibility index (Phi) is 4.76. The van der Waals surface area contributed by atoms with Gasteiger partial charge in [0.15, 0.2) is 5.13 Å². The van der Waals surface area contributed by atoms with Crippen LogP contribution in [0.1, 0.15) is 24.1 Å². The standard InChI is InChI=1S/C17H14FN3O3S/c18-12-3-1-2-9(7-12)14-13(8-19)25-17(20-14)21-15(22)10-4-5-11(6-10)16(23)24/h1-3,7,10-11H,4-6H2,(H,23,24)(H,20,21,22)/t10-,11-/m0/s1. The zero-order valence-corrected chi connectivity index (χ0v) is 13.8. The minimum absolute atomic E-state index is 0.250. The normalized spacial score (nSPS) is 19.4. The minimum atomic E-state index is -0.885. The molecular formula is C17H14FN3O3S. The fourth-order valence-corrected chi connectivity index (χ4v) is 3.72. The Morgan fingerprint density at radius 3 is 2.76 bits per heavy atom. The van der Waals surface area contributed by atoms with E-state index < -0.39 is 17.7 Å². The van der Waals surface area contributed by atoms with E-state index in [-0.39, 0.29) is 21.8 Å². The second kappa shape index (κ2) is 6.99. The molecule has 1 aromatic carbocycles. The van der Waals surface area contributed by atoms with Gasteiger partial charge < -0.3 is 10.4 Å². The van der Waals surface area contributed by atoms with Gasteiger partial charge in [0.2, 0.25) is 5.91 Å². The first-order valence-corrected chi connectivity index (χ1v) is 8.50. The molecule has 25 heavy (non-hydrogen) atoms. The van der Waals surface area contributed by atoms with E-state index in [1.807, 2.05) is 6.07 Å². The number of aliphatic carboxylic acids is 1. The van der Waals surface area contributed by atoms with Crippen molar-refractivity contribution in [2.24, 2.45) is 11.8 Å². The van der Waals surface area contributed by atoms with Gasteiger partial charge in [-0.2, -0.15) is 5.26 Å². The van der Waals surface area contributed by atoms with Crippen LogP contribution in [0.4, 0.5) is 9.52 Å². The van der Waals surface area contributed by atoms with Crippen LogP contribution in [0, 0.1) is 29.0 Å². The van der Waals surface area contributed by atoms with Gasteiger partial charge in [-0.25, -0.2) is 9.37 Å². The summed E-state index contributed by atoms with van der Waals surface area (Å²) in [6.45, 7) is 0. The van der Waals surface area contributed by atoms with Crippen LogP contribution in [-0.2, 0) is 9.59 Å². The summed E-state index contributed by atoms with van der Waals surface area (Å²) in [6, 6.07) is 7.73. The minimum Gasteiger partial charge on any atom is -0.481 e. The number of nitrogens with zero attached hydrogens (tertiary/aromatic N) is 2. The highest BCUT2D eigenvalue weighted by Gasteiger charge is 2.34. The summed E-state index contributed by atoms with van der Waals surface area (Å²) in [5, 5.41) is 21.2. The summed E-state index contributed by atoms with van der Waals surface area (Å²) in [7, 11) is 0. The van der Waals surface area contributed by atoms with Crippen molar-refractivity contribution in [2.75, 3.05) is 5.32 Å². The molecule has 1 aromatic heterocycles. The third-order valence-corrected chi connectivity index (χ3v) is 5.09. The number of thiazole rings is 1. The van der Waals surface area contributed by atoms with Crippen LogP contribution in [-0.4, -0.2) is 22.0 Å². The number of carboxylic acid groups (broad SMARTS) is 1. The number of halogens is 1. The van der Waals surface area contributed by atoms with Gasteiger partial charge in [0, 0.05) is 11.5 Å². The molecule has 2 atom stereocenters. The quantitative estimate of drug-likeness (QED) is 0.872. The van der Waals surface area contributed by atoms with Crippen LogP contribution in [0.25, 0.3) is 11.3 Å². The number of hydrogen-bond acceptors (Lipinski definition) is 5. The van der Waals surface area contributed by atoms with E-state index >= 15 is 0 Å². The second-order valence-corrected chi connectivity index (χ2v) is 6.85. The number of nitriles is 1. The van der Waals surface area contributed by atoms with E-state index in [4.69, 9.17) is 5.11 Å². The fourth-order valence-electron chi connectivity index (χ4n) is 2.93. The number of benzene rings is 1. The van der Waals surface area contributed by atoms with Crippen LogP contribution < -0.4 is 5.32 Å². The van der Waals surface area contributed by atoms with E-state index in [0.717, 1.165) is 11.3 Å². The Hall–Kier alpha value is -2.79. The highest BCUT2D eigenvalue weighted by atomic mass is 32.1. The number of anilines is 1. The summed E-state index contributed by atoms with van der Waals surface area (Å²) < 4.78 is 13.4. The zero-order chi connectivity index (χ0) is 18.0. The molecule has 0 aliphatic heterocycles. The van der Waals surface area contributed by atoms with Crippen molar-refractivity contribution in [3.05, 3.63) is 35.0 Å². The van der Waals surface area contributed by atoms with Gasteiger partial charge in [-0.1, -0.05) is 23.5 Å². The van der Waals surface area contributed by atoms with Crippen molar-refractivity contribution in [1.29, 1.82) is 5.26 Å². The van der Waals surface area contributed by atoms with E-state index in [2.05, 4.69) is 10.3 Å². The summed E-state index contributed by atoms with van der Waals surface area (Å²) in [6.07, 6.45) is 1.29. The Labute approximate surface area is 146 Å². The van der Waals surface area contributed by atoms with Gasteiger partial charge in [-0.15, -0.1) is 0 Å². The van der Waals surface area contributed by atoms with E-state index in [9.17, 15) is 19.2 Å². The Morgan fingerprint density at radius 2 is 2.12 bits per heavy atom. The van der Waals surface area contributed by atoms with Crippen LogP contribution >= 0.6 is 11.3 Å². The number of carbonyl (C=O) groups excluding carboxylic acids is 1. The van der Waals surface area contributed by atoms with Crippen molar-refractivity contribution in [3.63, 3.8) is 0 Å². The maximum atomic E-state index is 13.4. The third kappa shape index (κ3) is 3.67. The van der Waals surface area contributed by atoms with Gasteiger partial charge >= 0.3 is 5.97 Å². The largest absolute Gasteiger partial charge is 0.481 e. The van der Waals surface area contributed by atoms with E-state index in [0.29, 0.717) is 30.5 Å². The average molecular weight is 359 g/mol. The Bertz CT molecular complexity index is 874. The number of rotatable bonds is 4. The first-order chi connectivity index (χ1) is 12.0. The lowest BCUT2D eigenvalue weighted by atomic mass is 10.0. The molecule has 1 aliphatic rings. The fraction of sp³-hybridized carbons (Fsp3) is 0.294. The topological polar surface area (TPSA) is 103 Å². The van der Waals surface area contributed by atoms with Crippen molar-refractivity contribution in [2.45, 2.75) is 19.3 Å². The van der Waals surface area contributed by atoms with Crippen LogP contribution in [0.2, 0.25) is 0 Å². The van der Waals surface area contributed by atoms with Crippen molar-refractivity contribution in [1.82, 2.24) is 4.98 Å². The number of nitrogens with one attached hydrogen (secondary N) is 1. The summed E-state index contributed by atoms with van der Waals surface area (Å²) in [4.78, 5) is 27.8. The monoisotopic (exact) mass is 359 g/mol. The summed E-state index contributed by atoms with van der Waals surface area (Å²) >= 11 is 1.01. The maximum Gasteiger partial charge on any atom is 0.306 e. The molecule has 1 saturated carbocycles. The lowest BCUT2D eigenvalue weighted by Gasteiger charge is -2.08. The molecule has 0 radical (unpaired) electrons. The maximum absolute atomic E-state index is 13.4. The van der Waals surface area contributed by atoms with Crippen LogP contribution in [0.5, 0.6) is 0 Å². The molecule has 8 heteroatoms. The van der Waals surface area contributed by atoms with Gasteiger partial charge in [0.05, 0.1) is 5.92 Å². The number of aromatic nitrogens is 1. The molecule has 0 unspecified atom stereocenters. The number of carbonyl (C=O) groups is 2. The molecule has 2 N–H and O–H groups in total. The number of hydrogen-bond donors (Lipinski definition) is 2. The molecule has 1 aliphatic carbocycles. The molecule has 0 bridgehead atoms. The van der Waals surface area contributed by atoms with Gasteiger partial charge in [0.25, 0.3) is 0 Å². The molecule has 0 saturated heterocycles. The number of carboxylic acids is 1. The van der Waals surface area contributed by atoms with E-state index in [1.165, 1.54) is 18.2 Å². The van der Waals surface area contributed by atoms with Crippen LogP contribution in [0.3, 0.4) is 0 Å². The van der Waals surface area contributed by atoms with Crippen LogP contribution in [0.15, 0.2) is 24.3 Å². The second-order valence-electron chi connectivity index (χ2n) is 5.85. The number of amides is 1. The highest BCUT2D eigenvalue weighted by molar-refractivity contribution is 7.16. The molecule has 128 valence electrons. The predicted molar refractivity (Wildman–Crippen MR) is 89.3 cm³/mol. The van der Waals surface area contributed by atoms with Gasteiger partial charge in [-0.3, -0.25) is 9.59 Å². The summed E-state index contributed by atoms with van der Waals surface area (Å²) in [5.41, 5.74) is 0.775. The van der Waals surface area contributed by atoms with Crippen molar-refractivity contribution >= 4 is 28.3 Å². The molecule has 3 rings (SSSR count). The Balaban J connectivity index is 1.77. The molecule has 1 fully saturated rings. The van der Waals surface area contributed by atoms with Gasteiger partial charge in [0.1, 0.15) is 22.5 Å². The first-order valence-electron chi connectivity index (χ1n) is 7.68. The SMILES string of the molecule is N#Cc1sc(NC(=O)[C@H]2CC[C@H](C(=O)O)C2)nc1-c1cccc(F)c1. The first kappa shape index (κ1) is 17.0. The molecule has 2 aromatic rings. The molecule has 1 heterocycles. The lowest BCUT2D eigenvalue weighted by Crippen LogP contribution is -2.21. The lowest BCUT2D eigenvalue weighted by molar-refractivity contribution is -0.141. The smallest absolute Gasteiger partial charge is 0.306 e. The molecule has 1 amide bonds. The molecule has 6 nitrogen and oxygen atoms in total. The summed E-state index contributed by atoms with van der Waals surface area (Å²) in [5.74, 6) is -2.50. The van der Waals surface area contributed by atoms with E-state index in [1.54, 1.807) is 6.07 Å². The van der Waals surface area contributed by atoms with Crippen molar-refractivity contribution < 1.29 is 19.1 Å². The predicted octanol–water partition coefficient (Wildman–Crippen LogP) is 3.26. The average Bonchev–Trinajstić information content (AvgIpc) is 3.21. The molecular weight excluding hydrogens is 345 g/mol. The zero-order valence-electron chi connectivity index (χ0n) is 13.0. The van der Waals surface area contributed by atoms with Gasteiger partial charge in [-0.05, 0) is 31.4 Å². The molecule has 0 spiro atoms. The highest BCUT2D eigenvalue weighted by Crippen LogP contribution is 2.34. The Morgan fingerprint density at radius 1 is 1.36 bits per heavy atom. The van der Waals surface area contributed by atoms with Crippen molar-refractivity contribution in [3.8, 4) is 17.3 Å².